The summed E-state index contributed by atoms with van der Waals surface area (Å²) in [6.45, 7) is 1.37. The number of hydrogen-bond donors (Lipinski definition) is 1. The predicted octanol–water partition coefficient (Wildman–Crippen LogP) is 2.49. The molecule has 1 N–H and O–H groups in total. The second-order valence-corrected chi connectivity index (χ2v) is 4.13. The van der Waals surface area contributed by atoms with Crippen molar-refractivity contribution in [3.8, 4) is 0 Å². The van der Waals surface area contributed by atoms with E-state index in [1.54, 1.807) is 13.8 Å². The van der Waals surface area contributed by atoms with Gasteiger partial charge in [-0.05, 0) is 19.9 Å². The molecule has 18 heavy (non-hydrogen) atoms. The van der Waals surface area contributed by atoms with Crippen LogP contribution in [0.1, 0.15) is 19.4 Å². The minimum absolute atomic E-state index is 0.0351. The van der Waals surface area contributed by atoms with E-state index in [1.807, 2.05) is 0 Å². The quantitative estimate of drug-likeness (QED) is 0.851. The first kappa shape index (κ1) is 14.7. The molecule has 0 bridgehead atoms. The highest BCUT2D eigenvalue weighted by Gasteiger charge is 2.33. The fraction of sp³-hybridized carbons (Fsp3) is 0.545. The van der Waals surface area contributed by atoms with Gasteiger partial charge in [-0.1, -0.05) is 0 Å². The zero-order chi connectivity index (χ0) is 13.9. The maximum atomic E-state index is 12.9. The van der Waals surface area contributed by atoms with Gasteiger partial charge in [-0.3, -0.25) is 0 Å². The molecule has 102 valence electrons. The molecule has 0 radical (unpaired) electrons. The summed E-state index contributed by atoms with van der Waals surface area (Å²) in [7, 11) is 0. The van der Waals surface area contributed by atoms with Crippen molar-refractivity contribution in [1.29, 1.82) is 0 Å². The van der Waals surface area contributed by atoms with Crippen LogP contribution in [0.2, 0.25) is 0 Å². The average molecular weight is 266 g/mol. The van der Waals surface area contributed by atoms with E-state index in [4.69, 9.17) is 5.11 Å². The van der Waals surface area contributed by atoms with E-state index in [0.29, 0.717) is 0 Å². The summed E-state index contributed by atoms with van der Waals surface area (Å²) in [5.41, 5.74) is 0.0351. The Hall–Kier alpha value is -1.37. The third-order valence-corrected chi connectivity index (χ3v) is 2.32. The van der Waals surface area contributed by atoms with E-state index in [9.17, 15) is 17.6 Å². The van der Waals surface area contributed by atoms with Crippen molar-refractivity contribution in [2.75, 3.05) is 11.4 Å². The van der Waals surface area contributed by atoms with Crippen molar-refractivity contribution in [2.45, 2.75) is 32.7 Å². The van der Waals surface area contributed by atoms with Crippen molar-refractivity contribution in [1.82, 2.24) is 4.98 Å². The normalized spacial score (nSPS) is 12.0. The Morgan fingerprint density at radius 1 is 1.39 bits per heavy atom. The van der Waals surface area contributed by atoms with Crippen LogP contribution in [0.15, 0.2) is 12.3 Å². The second kappa shape index (κ2) is 5.51. The van der Waals surface area contributed by atoms with Crippen LogP contribution in [0.25, 0.3) is 0 Å². The van der Waals surface area contributed by atoms with E-state index in [1.165, 1.54) is 0 Å². The van der Waals surface area contributed by atoms with Crippen LogP contribution in [0.5, 0.6) is 0 Å². The number of aromatic nitrogens is 1. The molecule has 0 unspecified atom stereocenters. The number of halogens is 4. The largest absolute Gasteiger partial charge is 0.405 e. The molecule has 0 amide bonds. The van der Waals surface area contributed by atoms with Gasteiger partial charge in [0, 0.05) is 11.6 Å². The topological polar surface area (TPSA) is 36.4 Å². The highest BCUT2D eigenvalue weighted by Crippen LogP contribution is 2.25. The third-order valence-electron chi connectivity index (χ3n) is 2.32. The fourth-order valence-corrected chi connectivity index (χ4v) is 1.54. The molecule has 1 rings (SSSR count). The van der Waals surface area contributed by atoms with Gasteiger partial charge < -0.3 is 10.0 Å². The van der Waals surface area contributed by atoms with Crippen LogP contribution in [-0.4, -0.2) is 28.9 Å². The van der Waals surface area contributed by atoms with Crippen molar-refractivity contribution in [3.05, 3.63) is 23.6 Å². The lowest BCUT2D eigenvalue weighted by Gasteiger charge is -2.30. The minimum Gasteiger partial charge on any atom is -0.392 e. The van der Waals surface area contributed by atoms with Crippen LogP contribution < -0.4 is 4.90 Å². The molecule has 3 nitrogen and oxygen atoms in total. The highest BCUT2D eigenvalue weighted by atomic mass is 19.4. The molecule has 0 spiro atoms. The van der Waals surface area contributed by atoms with Gasteiger partial charge in [0.05, 0.1) is 12.8 Å². The number of aliphatic hydroxyl groups excluding tert-OH is 1. The maximum Gasteiger partial charge on any atom is 0.405 e. The molecule has 0 aliphatic heterocycles. The zero-order valence-corrected chi connectivity index (χ0v) is 10.00. The Morgan fingerprint density at radius 2 is 2.00 bits per heavy atom. The third kappa shape index (κ3) is 3.83. The molecule has 1 aromatic heterocycles. The highest BCUT2D eigenvalue weighted by molar-refractivity contribution is 5.47. The van der Waals surface area contributed by atoms with Crippen LogP contribution in [0.4, 0.5) is 23.4 Å². The summed E-state index contributed by atoms with van der Waals surface area (Å²) < 4.78 is 50.3. The van der Waals surface area contributed by atoms with E-state index >= 15 is 0 Å². The Kier molecular flexibility index (Phi) is 4.50. The molecule has 0 atom stereocenters. The smallest absolute Gasteiger partial charge is 0.392 e. The van der Waals surface area contributed by atoms with Gasteiger partial charge in [0.25, 0.3) is 0 Å². The van der Waals surface area contributed by atoms with E-state index < -0.39 is 31.2 Å². The summed E-state index contributed by atoms with van der Waals surface area (Å²) in [5.74, 6) is -0.746. The Labute approximate surface area is 102 Å². The zero-order valence-electron chi connectivity index (χ0n) is 10.00. The molecule has 0 saturated carbocycles. The van der Waals surface area contributed by atoms with Crippen LogP contribution >= 0.6 is 0 Å². The molecule has 1 aromatic rings. The fourth-order valence-electron chi connectivity index (χ4n) is 1.54. The van der Waals surface area contributed by atoms with E-state index in [0.717, 1.165) is 17.2 Å². The molecular weight excluding hydrogens is 252 g/mol. The molecule has 0 aliphatic rings. The van der Waals surface area contributed by atoms with Crippen molar-refractivity contribution >= 4 is 5.82 Å². The number of hydrogen-bond acceptors (Lipinski definition) is 3. The lowest BCUT2D eigenvalue weighted by Crippen LogP contribution is -2.40. The number of alkyl halides is 3. The molecule has 0 saturated heterocycles. The Morgan fingerprint density at radius 3 is 2.44 bits per heavy atom. The summed E-state index contributed by atoms with van der Waals surface area (Å²) in [4.78, 5) is 4.62. The molecule has 0 aliphatic carbocycles. The molecule has 7 heteroatoms. The van der Waals surface area contributed by atoms with Crippen LogP contribution in [-0.2, 0) is 6.61 Å². The number of anilines is 1. The summed E-state index contributed by atoms with van der Waals surface area (Å²) in [5, 5.41) is 9.06. The van der Waals surface area contributed by atoms with Gasteiger partial charge in [0.15, 0.2) is 0 Å². The number of pyridine rings is 1. The number of nitrogens with zero attached hydrogens (tertiary/aromatic N) is 2. The van der Waals surface area contributed by atoms with Gasteiger partial charge in [-0.2, -0.15) is 13.2 Å². The standard InChI is InChI=1S/C11H14F4N2O/c1-7(2)17(6-11(13,14)15)10-8(5-18)3-9(12)4-16-10/h3-4,7,18H,5-6H2,1-2H3. The first-order valence-electron chi connectivity index (χ1n) is 5.33. The molecule has 1 heterocycles. The monoisotopic (exact) mass is 266 g/mol. The molecule has 0 fully saturated rings. The second-order valence-electron chi connectivity index (χ2n) is 4.13. The van der Waals surface area contributed by atoms with Gasteiger partial charge in [0.2, 0.25) is 0 Å². The van der Waals surface area contributed by atoms with Crippen LogP contribution in [0.3, 0.4) is 0 Å². The number of rotatable bonds is 4. The van der Waals surface area contributed by atoms with Gasteiger partial charge in [-0.15, -0.1) is 0 Å². The average Bonchev–Trinajstić information content (AvgIpc) is 2.24. The first-order chi connectivity index (χ1) is 8.24. The van der Waals surface area contributed by atoms with Crippen molar-refractivity contribution in [3.63, 3.8) is 0 Å². The van der Waals surface area contributed by atoms with E-state index in [-0.39, 0.29) is 11.4 Å². The molecular formula is C11H14F4N2O. The van der Waals surface area contributed by atoms with Gasteiger partial charge in [-0.25, -0.2) is 9.37 Å². The minimum atomic E-state index is -4.40. The van der Waals surface area contributed by atoms with Gasteiger partial charge >= 0.3 is 6.18 Å². The Bertz CT molecular complexity index is 407. The van der Waals surface area contributed by atoms with E-state index in [2.05, 4.69) is 4.98 Å². The summed E-state index contributed by atoms with van der Waals surface area (Å²) in [6, 6.07) is 0.503. The van der Waals surface area contributed by atoms with Crippen molar-refractivity contribution in [2.24, 2.45) is 0 Å². The lowest BCUT2D eigenvalue weighted by atomic mass is 10.2. The van der Waals surface area contributed by atoms with Crippen molar-refractivity contribution < 1.29 is 22.7 Å². The van der Waals surface area contributed by atoms with Gasteiger partial charge in [0.1, 0.15) is 18.2 Å². The summed E-state index contributed by atoms with van der Waals surface area (Å²) in [6.07, 6.45) is -3.56. The maximum absolute atomic E-state index is 12.9. The first-order valence-corrected chi connectivity index (χ1v) is 5.33. The Balaban J connectivity index is 3.13. The molecule has 0 aromatic carbocycles. The van der Waals surface area contributed by atoms with Crippen LogP contribution in [0, 0.1) is 5.82 Å². The number of aliphatic hydroxyl groups is 1. The lowest BCUT2D eigenvalue weighted by molar-refractivity contribution is -0.120. The summed E-state index contributed by atoms with van der Waals surface area (Å²) >= 11 is 0. The predicted molar refractivity (Wildman–Crippen MR) is 58.7 cm³/mol. The SMILES string of the molecule is CC(C)N(CC(F)(F)F)c1ncc(F)cc1CO.